The van der Waals surface area contributed by atoms with Crippen LogP contribution in [0, 0.1) is 11.3 Å². The maximum atomic E-state index is 8.85. The number of aromatic nitrogens is 3. The van der Waals surface area contributed by atoms with Crippen molar-refractivity contribution in [1.29, 1.82) is 5.26 Å². The Kier molecular flexibility index (Phi) is 2.74. The lowest BCUT2D eigenvalue weighted by molar-refractivity contribution is 1.17. The van der Waals surface area contributed by atoms with Gasteiger partial charge in [-0.3, -0.25) is 9.97 Å². The van der Waals surface area contributed by atoms with Gasteiger partial charge >= 0.3 is 0 Å². The Labute approximate surface area is 92.8 Å². The van der Waals surface area contributed by atoms with Crippen molar-refractivity contribution in [2.45, 2.75) is 0 Å². The molecule has 0 aromatic carbocycles. The monoisotopic (exact) mass is 211 g/mol. The molecule has 16 heavy (non-hydrogen) atoms. The lowest BCUT2D eigenvalue weighted by Gasteiger charge is -2.04. The summed E-state index contributed by atoms with van der Waals surface area (Å²) in [4.78, 5) is 12.4. The van der Waals surface area contributed by atoms with Gasteiger partial charge in [0.15, 0.2) is 0 Å². The third kappa shape index (κ3) is 1.81. The summed E-state index contributed by atoms with van der Waals surface area (Å²) in [7, 11) is 1.73. The van der Waals surface area contributed by atoms with Crippen LogP contribution >= 0.6 is 0 Å². The Morgan fingerprint density at radius 2 is 2.12 bits per heavy atom. The summed E-state index contributed by atoms with van der Waals surface area (Å²) in [5, 5.41) is 11.7. The van der Waals surface area contributed by atoms with Gasteiger partial charge in [-0.1, -0.05) is 0 Å². The molecule has 78 valence electrons. The molecule has 0 fully saturated rings. The second-order valence-electron chi connectivity index (χ2n) is 3.05. The summed E-state index contributed by atoms with van der Waals surface area (Å²) in [5.41, 5.74) is 1.88. The van der Waals surface area contributed by atoms with Crippen molar-refractivity contribution in [2.75, 3.05) is 12.4 Å². The number of nitrogens with one attached hydrogen (secondary N) is 1. The predicted molar refractivity (Wildman–Crippen MR) is 59.5 cm³/mol. The van der Waals surface area contributed by atoms with Crippen LogP contribution in [0.25, 0.3) is 11.4 Å². The quantitative estimate of drug-likeness (QED) is 0.813. The second-order valence-corrected chi connectivity index (χ2v) is 3.05. The van der Waals surface area contributed by atoms with Crippen molar-refractivity contribution in [3.63, 3.8) is 0 Å². The van der Waals surface area contributed by atoms with Crippen molar-refractivity contribution in [3.05, 3.63) is 36.3 Å². The Balaban J connectivity index is 2.49. The van der Waals surface area contributed by atoms with Gasteiger partial charge in [-0.2, -0.15) is 5.26 Å². The van der Waals surface area contributed by atoms with Gasteiger partial charge in [-0.05, 0) is 12.1 Å². The lowest BCUT2D eigenvalue weighted by Crippen LogP contribution is -1.98. The molecule has 0 aliphatic rings. The number of rotatable bonds is 2. The van der Waals surface area contributed by atoms with Crippen molar-refractivity contribution >= 4 is 5.82 Å². The van der Waals surface area contributed by atoms with Gasteiger partial charge in [0.25, 0.3) is 0 Å². The average molecular weight is 211 g/mol. The van der Waals surface area contributed by atoms with E-state index in [2.05, 4.69) is 26.3 Å². The van der Waals surface area contributed by atoms with Crippen molar-refractivity contribution < 1.29 is 0 Å². The molecule has 0 saturated carbocycles. The zero-order valence-electron chi connectivity index (χ0n) is 8.68. The number of hydrogen-bond donors (Lipinski definition) is 1. The van der Waals surface area contributed by atoms with Crippen LogP contribution in [0.2, 0.25) is 0 Å². The zero-order valence-corrected chi connectivity index (χ0v) is 8.68. The van der Waals surface area contributed by atoms with E-state index < -0.39 is 0 Å². The minimum atomic E-state index is 0.509. The van der Waals surface area contributed by atoms with Crippen LogP contribution in [0.15, 0.2) is 30.7 Å². The highest BCUT2D eigenvalue weighted by molar-refractivity contribution is 5.61. The van der Waals surface area contributed by atoms with Crippen LogP contribution in [0.5, 0.6) is 0 Å². The van der Waals surface area contributed by atoms with E-state index in [0.717, 1.165) is 0 Å². The SMILES string of the molecule is CNc1nc(-c2cnccn2)ccc1C#N. The summed E-state index contributed by atoms with van der Waals surface area (Å²) in [5.74, 6) is 0.547. The first kappa shape index (κ1) is 10.1. The molecule has 0 spiro atoms. The molecule has 0 bridgehead atoms. The van der Waals surface area contributed by atoms with E-state index in [1.165, 1.54) is 0 Å². The zero-order chi connectivity index (χ0) is 11.4. The second kappa shape index (κ2) is 4.36. The molecule has 2 aromatic rings. The van der Waals surface area contributed by atoms with E-state index in [1.807, 2.05) is 0 Å². The standard InChI is InChI=1S/C11H9N5/c1-13-11-8(6-12)2-3-9(16-11)10-7-14-4-5-15-10/h2-5,7H,1H3,(H,13,16). The van der Waals surface area contributed by atoms with Crippen LogP contribution in [-0.2, 0) is 0 Å². The summed E-state index contributed by atoms with van der Waals surface area (Å²) < 4.78 is 0. The van der Waals surface area contributed by atoms with E-state index in [9.17, 15) is 0 Å². The number of nitriles is 1. The van der Waals surface area contributed by atoms with Crippen LogP contribution in [0.4, 0.5) is 5.82 Å². The molecule has 0 amide bonds. The molecule has 0 aliphatic carbocycles. The Morgan fingerprint density at radius 3 is 2.75 bits per heavy atom. The molecule has 0 atom stereocenters. The molecule has 0 unspecified atom stereocenters. The summed E-state index contributed by atoms with van der Waals surface area (Å²) in [6.07, 6.45) is 4.84. The topological polar surface area (TPSA) is 74.5 Å². The highest BCUT2D eigenvalue weighted by Gasteiger charge is 2.06. The molecular weight excluding hydrogens is 202 g/mol. The fraction of sp³-hybridized carbons (Fsp3) is 0.0909. The number of anilines is 1. The number of hydrogen-bond acceptors (Lipinski definition) is 5. The molecule has 5 heteroatoms. The first-order valence-electron chi connectivity index (χ1n) is 4.70. The van der Waals surface area contributed by atoms with Crippen molar-refractivity contribution in [1.82, 2.24) is 15.0 Å². The van der Waals surface area contributed by atoms with Gasteiger partial charge in [0.1, 0.15) is 17.6 Å². The normalized spacial score (nSPS) is 9.50. The highest BCUT2D eigenvalue weighted by Crippen LogP contribution is 2.18. The van der Waals surface area contributed by atoms with Gasteiger partial charge in [-0.25, -0.2) is 4.98 Å². The Morgan fingerprint density at radius 1 is 1.25 bits per heavy atom. The Hall–Kier alpha value is -2.48. The van der Waals surface area contributed by atoms with Gasteiger partial charge in [0.05, 0.1) is 17.5 Å². The van der Waals surface area contributed by atoms with Crippen LogP contribution in [0.1, 0.15) is 5.56 Å². The lowest BCUT2D eigenvalue weighted by atomic mass is 10.2. The smallest absolute Gasteiger partial charge is 0.144 e. The molecule has 2 heterocycles. The fourth-order valence-corrected chi connectivity index (χ4v) is 1.31. The van der Waals surface area contributed by atoms with Crippen LogP contribution < -0.4 is 5.32 Å². The molecule has 0 saturated heterocycles. The number of pyridine rings is 1. The minimum absolute atomic E-state index is 0.509. The van der Waals surface area contributed by atoms with Gasteiger partial charge < -0.3 is 5.32 Å². The Bertz CT molecular complexity index is 530. The fourth-order valence-electron chi connectivity index (χ4n) is 1.31. The molecule has 1 N–H and O–H groups in total. The van der Waals surface area contributed by atoms with Crippen molar-refractivity contribution in [2.24, 2.45) is 0 Å². The van der Waals surface area contributed by atoms with Gasteiger partial charge in [-0.15, -0.1) is 0 Å². The highest BCUT2D eigenvalue weighted by atomic mass is 15.0. The molecule has 0 aliphatic heterocycles. The maximum Gasteiger partial charge on any atom is 0.144 e. The molecule has 0 radical (unpaired) electrons. The summed E-state index contributed by atoms with van der Waals surface area (Å²) >= 11 is 0. The van der Waals surface area contributed by atoms with Gasteiger partial charge in [0.2, 0.25) is 0 Å². The first-order valence-corrected chi connectivity index (χ1v) is 4.70. The maximum absolute atomic E-state index is 8.85. The first-order chi connectivity index (χ1) is 7.85. The molecule has 2 rings (SSSR count). The van der Waals surface area contributed by atoms with E-state index >= 15 is 0 Å². The summed E-state index contributed by atoms with van der Waals surface area (Å²) in [6, 6.07) is 5.53. The average Bonchev–Trinajstić information content (AvgIpc) is 2.39. The minimum Gasteiger partial charge on any atom is -0.372 e. The predicted octanol–water partition coefficient (Wildman–Crippen LogP) is 1.45. The largest absolute Gasteiger partial charge is 0.372 e. The molecule has 2 aromatic heterocycles. The van der Waals surface area contributed by atoms with E-state index in [0.29, 0.717) is 22.8 Å². The molecule has 5 nitrogen and oxygen atoms in total. The number of nitrogens with zero attached hydrogens (tertiary/aromatic N) is 4. The van der Waals surface area contributed by atoms with E-state index in [-0.39, 0.29) is 0 Å². The molecular formula is C11H9N5. The van der Waals surface area contributed by atoms with Crippen molar-refractivity contribution in [3.8, 4) is 17.5 Å². The van der Waals surface area contributed by atoms with E-state index in [1.54, 1.807) is 37.8 Å². The van der Waals surface area contributed by atoms with E-state index in [4.69, 9.17) is 5.26 Å². The van der Waals surface area contributed by atoms with Crippen LogP contribution in [-0.4, -0.2) is 22.0 Å². The van der Waals surface area contributed by atoms with Crippen LogP contribution in [0.3, 0.4) is 0 Å². The third-order valence-corrected chi connectivity index (χ3v) is 2.08. The van der Waals surface area contributed by atoms with Gasteiger partial charge in [0, 0.05) is 19.4 Å². The summed E-state index contributed by atoms with van der Waals surface area (Å²) in [6.45, 7) is 0. The third-order valence-electron chi connectivity index (χ3n) is 2.08.